The van der Waals surface area contributed by atoms with E-state index < -0.39 is 15.9 Å². The lowest BCUT2D eigenvalue weighted by Crippen LogP contribution is -2.24. The first-order valence-corrected chi connectivity index (χ1v) is 10.4. The van der Waals surface area contributed by atoms with Gasteiger partial charge in [0.25, 0.3) is 5.91 Å². The molecule has 0 bridgehead atoms. The number of nitrogen functional groups attached to an aromatic ring is 1. The maximum Gasteiger partial charge on any atom is 0.278 e. The van der Waals surface area contributed by atoms with E-state index in [1.165, 1.54) is 18.6 Å². The van der Waals surface area contributed by atoms with Gasteiger partial charge in [-0.3, -0.25) is 9.48 Å². The van der Waals surface area contributed by atoms with Gasteiger partial charge in [-0.05, 0) is 24.1 Å². The Morgan fingerprint density at radius 3 is 2.79 bits per heavy atom. The molecule has 0 radical (unpaired) electrons. The molecule has 11 heteroatoms. The van der Waals surface area contributed by atoms with Gasteiger partial charge in [0.05, 0.1) is 23.3 Å². The second-order valence-electron chi connectivity index (χ2n) is 6.22. The van der Waals surface area contributed by atoms with Gasteiger partial charge in [-0.2, -0.15) is 5.10 Å². The van der Waals surface area contributed by atoms with E-state index in [0.717, 1.165) is 5.56 Å². The molecular formula is C18H21N7O3S. The van der Waals surface area contributed by atoms with E-state index in [4.69, 9.17) is 5.73 Å². The molecule has 3 rings (SSSR count). The second kappa shape index (κ2) is 8.80. The maximum atomic E-state index is 12.3. The maximum absolute atomic E-state index is 12.3. The summed E-state index contributed by atoms with van der Waals surface area (Å²) in [6.07, 6.45) is 6.59. The standard InChI is InChI=1S/C18H21N7O3S/c1-2-6-23-29(27,28)15-5-3-4-13(9-15)11-25-12-14(10-22-25)24-18(26)16-17(19)21-8-7-20-16/h3-5,7-10,12,23H,2,6,11H2,1H3,(H2,19,21)(H,24,26). The zero-order chi connectivity index (χ0) is 20.9. The Morgan fingerprint density at radius 1 is 1.24 bits per heavy atom. The van der Waals surface area contributed by atoms with E-state index in [1.54, 1.807) is 35.1 Å². The molecule has 0 unspecified atom stereocenters. The van der Waals surface area contributed by atoms with Gasteiger partial charge in [0.15, 0.2) is 11.5 Å². The van der Waals surface area contributed by atoms with Crippen LogP contribution >= 0.6 is 0 Å². The number of amides is 1. The van der Waals surface area contributed by atoms with Crippen LogP contribution in [0.4, 0.5) is 11.5 Å². The van der Waals surface area contributed by atoms with Crippen LogP contribution in [0.15, 0.2) is 53.9 Å². The van der Waals surface area contributed by atoms with Gasteiger partial charge in [0.1, 0.15) is 0 Å². The van der Waals surface area contributed by atoms with Crippen molar-refractivity contribution in [3.8, 4) is 0 Å². The van der Waals surface area contributed by atoms with E-state index in [2.05, 4.69) is 25.1 Å². The summed E-state index contributed by atoms with van der Waals surface area (Å²) < 4.78 is 28.7. The Bertz CT molecular complexity index is 1110. The Morgan fingerprint density at radius 2 is 2.03 bits per heavy atom. The zero-order valence-electron chi connectivity index (χ0n) is 15.7. The van der Waals surface area contributed by atoms with Gasteiger partial charge in [-0.25, -0.2) is 23.1 Å². The molecule has 0 aliphatic rings. The molecule has 2 heterocycles. The third kappa shape index (κ3) is 5.15. The Labute approximate surface area is 168 Å². The summed E-state index contributed by atoms with van der Waals surface area (Å²) in [6, 6.07) is 6.62. The minimum atomic E-state index is -3.54. The van der Waals surface area contributed by atoms with Gasteiger partial charge in [-0.1, -0.05) is 19.1 Å². The highest BCUT2D eigenvalue weighted by molar-refractivity contribution is 7.89. The summed E-state index contributed by atoms with van der Waals surface area (Å²) in [4.78, 5) is 20.2. The average molecular weight is 415 g/mol. The minimum Gasteiger partial charge on any atom is -0.382 e. The number of nitrogens with zero attached hydrogens (tertiary/aromatic N) is 4. The van der Waals surface area contributed by atoms with Crippen LogP contribution in [0.5, 0.6) is 0 Å². The molecule has 0 fully saturated rings. The fourth-order valence-electron chi connectivity index (χ4n) is 2.55. The average Bonchev–Trinajstić information content (AvgIpc) is 3.13. The summed E-state index contributed by atoms with van der Waals surface area (Å²) >= 11 is 0. The Balaban J connectivity index is 1.70. The number of hydrogen-bond donors (Lipinski definition) is 3. The lowest BCUT2D eigenvalue weighted by molar-refractivity contribution is 0.102. The summed E-state index contributed by atoms with van der Waals surface area (Å²) in [5.41, 5.74) is 6.88. The lowest BCUT2D eigenvalue weighted by Gasteiger charge is -2.08. The number of carbonyl (C=O) groups excluding carboxylic acids is 1. The monoisotopic (exact) mass is 415 g/mol. The van der Waals surface area contributed by atoms with Crippen molar-refractivity contribution in [3.05, 3.63) is 60.3 Å². The molecule has 10 nitrogen and oxygen atoms in total. The van der Waals surface area contributed by atoms with E-state index in [-0.39, 0.29) is 16.4 Å². The van der Waals surface area contributed by atoms with Crippen LogP contribution in [-0.4, -0.2) is 40.6 Å². The topological polar surface area (TPSA) is 145 Å². The Kier molecular flexibility index (Phi) is 6.20. The van der Waals surface area contributed by atoms with E-state index in [9.17, 15) is 13.2 Å². The molecule has 29 heavy (non-hydrogen) atoms. The SMILES string of the molecule is CCCNS(=O)(=O)c1cccc(Cn2cc(NC(=O)c3nccnc3N)cn2)c1. The van der Waals surface area contributed by atoms with Crippen molar-refractivity contribution >= 4 is 27.4 Å². The van der Waals surface area contributed by atoms with Crippen LogP contribution in [-0.2, 0) is 16.6 Å². The van der Waals surface area contributed by atoms with Crippen molar-refractivity contribution < 1.29 is 13.2 Å². The smallest absolute Gasteiger partial charge is 0.278 e. The third-order valence-electron chi connectivity index (χ3n) is 3.93. The van der Waals surface area contributed by atoms with E-state index in [0.29, 0.717) is 25.2 Å². The fourth-order valence-corrected chi connectivity index (χ4v) is 3.75. The van der Waals surface area contributed by atoms with Gasteiger partial charge >= 0.3 is 0 Å². The number of hydrogen-bond acceptors (Lipinski definition) is 7. The summed E-state index contributed by atoms with van der Waals surface area (Å²) in [5, 5.41) is 6.85. The number of carbonyl (C=O) groups is 1. The highest BCUT2D eigenvalue weighted by Gasteiger charge is 2.15. The largest absolute Gasteiger partial charge is 0.382 e. The molecule has 0 atom stereocenters. The molecule has 0 spiro atoms. The molecule has 0 aliphatic carbocycles. The van der Waals surface area contributed by atoms with Crippen molar-refractivity contribution in [1.29, 1.82) is 0 Å². The van der Waals surface area contributed by atoms with Crippen LogP contribution in [0.3, 0.4) is 0 Å². The van der Waals surface area contributed by atoms with Crippen LogP contribution in [0.2, 0.25) is 0 Å². The van der Waals surface area contributed by atoms with Crippen molar-refractivity contribution in [3.63, 3.8) is 0 Å². The molecule has 1 amide bonds. The lowest BCUT2D eigenvalue weighted by atomic mass is 10.2. The summed E-state index contributed by atoms with van der Waals surface area (Å²) in [6.45, 7) is 2.61. The number of sulfonamides is 1. The fraction of sp³-hybridized carbons (Fsp3) is 0.222. The number of anilines is 2. The third-order valence-corrected chi connectivity index (χ3v) is 5.39. The predicted molar refractivity (Wildman–Crippen MR) is 108 cm³/mol. The number of aromatic nitrogens is 4. The summed E-state index contributed by atoms with van der Waals surface area (Å²) in [7, 11) is -3.54. The van der Waals surface area contributed by atoms with Gasteiger partial charge < -0.3 is 11.1 Å². The summed E-state index contributed by atoms with van der Waals surface area (Å²) in [5.74, 6) is -0.461. The minimum absolute atomic E-state index is 0.0257. The zero-order valence-corrected chi connectivity index (χ0v) is 16.6. The molecule has 2 aromatic heterocycles. The number of nitrogens with two attached hydrogens (primary N) is 1. The van der Waals surface area contributed by atoms with Crippen LogP contribution in [0.1, 0.15) is 29.4 Å². The predicted octanol–water partition coefficient (Wildman–Crippen LogP) is 1.24. The molecule has 3 aromatic rings. The molecule has 1 aromatic carbocycles. The van der Waals surface area contributed by atoms with Gasteiger partial charge in [0.2, 0.25) is 10.0 Å². The number of nitrogens with one attached hydrogen (secondary N) is 2. The molecule has 0 aliphatic heterocycles. The first-order chi connectivity index (χ1) is 13.9. The van der Waals surface area contributed by atoms with Gasteiger partial charge in [-0.15, -0.1) is 0 Å². The molecule has 4 N–H and O–H groups in total. The second-order valence-corrected chi connectivity index (χ2v) is 7.98. The highest BCUT2D eigenvalue weighted by atomic mass is 32.2. The molecule has 152 valence electrons. The number of benzene rings is 1. The van der Waals surface area contributed by atoms with E-state index in [1.807, 2.05) is 6.92 Å². The van der Waals surface area contributed by atoms with Crippen molar-refractivity contribution in [2.24, 2.45) is 0 Å². The van der Waals surface area contributed by atoms with Crippen LogP contribution in [0.25, 0.3) is 0 Å². The first kappa shape index (κ1) is 20.4. The normalized spacial score (nSPS) is 11.3. The molecule has 0 saturated carbocycles. The van der Waals surface area contributed by atoms with E-state index >= 15 is 0 Å². The number of rotatable bonds is 8. The molecular weight excluding hydrogens is 394 g/mol. The van der Waals surface area contributed by atoms with Crippen LogP contribution in [0, 0.1) is 0 Å². The quantitative estimate of drug-likeness (QED) is 0.502. The van der Waals surface area contributed by atoms with Crippen LogP contribution < -0.4 is 15.8 Å². The van der Waals surface area contributed by atoms with Crippen molar-refractivity contribution in [1.82, 2.24) is 24.5 Å². The Hall–Kier alpha value is -3.31. The van der Waals surface area contributed by atoms with Gasteiger partial charge in [0, 0.05) is 25.1 Å². The first-order valence-electron chi connectivity index (χ1n) is 8.88. The van der Waals surface area contributed by atoms with Crippen molar-refractivity contribution in [2.75, 3.05) is 17.6 Å². The molecule has 0 saturated heterocycles. The highest BCUT2D eigenvalue weighted by Crippen LogP contribution is 2.14. The van der Waals surface area contributed by atoms with Crippen molar-refractivity contribution in [2.45, 2.75) is 24.8 Å².